The molecule has 10 heteroatoms. The van der Waals surface area contributed by atoms with Crippen molar-refractivity contribution in [1.82, 2.24) is 20.9 Å². The molecule has 5 atom stereocenters. The normalized spacial score (nSPS) is 27.7. The number of Topliss-reactive ketones (excluding diaryl/α,β-unsaturated/α-hetero) is 1. The largest absolute Gasteiger partial charge is 0.365 e. The van der Waals surface area contributed by atoms with Crippen LogP contribution in [0.3, 0.4) is 0 Å². The molecule has 0 aromatic heterocycles. The molecule has 3 heterocycles. The van der Waals surface area contributed by atoms with E-state index >= 15 is 0 Å². The van der Waals surface area contributed by atoms with Crippen molar-refractivity contribution in [2.24, 2.45) is 5.92 Å². The lowest BCUT2D eigenvalue weighted by Crippen LogP contribution is -2.62. The van der Waals surface area contributed by atoms with E-state index in [4.69, 9.17) is 4.74 Å². The number of amides is 4. The second-order valence-corrected chi connectivity index (χ2v) is 11.1. The molecule has 3 aliphatic heterocycles. The van der Waals surface area contributed by atoms with E-state index in [2.05, 4.69) is 16.0 Å². The van der Waals surface area contributed by atoms with Crippen molar-refractivity contribution < 1.29 is 28.7 Å². The zero-order chi connectivity index (χ0) is 27.9. The van der Waals surface area contributed by atoms with Crippen LogP contribution >= 0.6 is 0 Å². The highest BCUT2D eigenvalue weighted by molar-refractivity contribution is 5.98. The first-order chi connectivity index (χ1) is 18.7. The summed E-state index contributed by atoms with van der Waals surface area (Å²) < 4.78 is 5.03. The van der Waals surface area contributed by atoms with Crippen LogP contribution in [0.25, 0.3) is 0 Å². The predicted molar refractivity (Wildman–Crippen MR) is 143 cm³/mol. The van der Waals surface area contributed by atoms with Crippen molar-refractivity contribution >= 4 is 29.4 Å². The molecule has 3 N–H and O–H groups in total. The third-order valence-electron chi connectivity index (χ3n) is 7.73. The fourth-order valence-corrected chi connectivity index (χ4v) is 5.34. The minimum atomic E-state index is -0.918. The Morgan fingerprint density at radius 1 is 0.949 bits per heavy atom. The van der Waals surface area contributed by atoms with Gasteiger partial charge in [-0.25, -0.2) is 0 Å². The van der Waals surface area contributed by atoms with Gasteiger partial charge < -0.3 is 25.6 Å². The van der Waals surface area contributed by atoms with E-state index in [9.17, 15) is 24.0 Å². The number of benzene rings is 1. The van der Waals surface area contributed by atoms with Crippen LogP contribution in [0.15, 0.2) is 30.3 Å². The molecule has 1 aromatic carbocycles. The molecule has 5 unspecified atom stereocenters. The Morgan fingerprint density at radius 2 is 1.64 bits per heavy atom. The Balaban J connectivity index is 1.52. The van der Waals surface area contributed by atoms with Crippen LogP contribution < -0.4 is 16.0 Å². The molecule has 39 heavy (non-hydrogen) atoms. The molecule has 0 bridgehead atoms. The van der Waals surface area contributed by atoms with Gasteiger partial charge in [-0.05, 0) is 37.2 Å². The molecule has 3 saturated heterocycles. The number of carbonyl (C=O) groups excluding carboxylic acids is 5. The maximum Gasteiger partial charge on any atom is 0.246 e. The molecular formula is C29H40N4O6. The fourth-order valence-electron chi connectivity index (χ4n) is 5.34. The minimum absolute atomic E-state index is 0.104. The number of carbonyl (C=O) groups is 5. The maximum atomic E-state index is 13.5. The van der Waals surface area contributed by atoms with Gasteiger partial charge in [-0.2, -0.15) is 0 Å². The van der Waals surface area contributed by atoms with Gasteiger partial charge in [0.05, 0.1) is 6.61 Å². The Kier molecular flexibility index (Phi) is 9.72. The summed E-state index contributed by atoms with van der Waals surface area (Å²) in [6.07, 6.45) is 4.00. The third-order valence-corrected chi connectivity index (χ3v) is 7.73. The van der Waals surface area contributed by atoms with Gasteiger partial charge in [0.2, 0.25) is 23.6 Å². The molecule has 0 spiro atoms. The number of fused-ring (bicyclic) bond motifs is 1. The molecule has 1 aromatic rings. The first-order valence-electron chi connectivity index (χ1n) is 14.1. The van der Waals surface area contributed by atoms with Crippen LogP contribution in [-0.4, -0.2) is 77.7 Å². The van der Waals surface area contributed by atoms with Crippen LogP contribution in [0.5, 0.6) is 0 Å². The van der Waals surface area contributed by atoms with Gasteiger partial charge in [-0.1, -0.05) is 57.0 Å². The lowest BCUT2D eigenvalue weighted by molar-refractivity contribution is -0.144. The van der Waals surface area contributed by atoms with E-state index in [1.165, 1.54) is 0 Å². The van der Waals surface area contributed by atoms with E-state index in [0.717, 1.165) is 12.0 Å². The Labute approximate surface area is 229 Å². The van der Waals surface area contributed by atoms with Crippen LogP contribution in [0.2, 0.25) is 0 Å². The second kappa shape index (κ2) is 13.2. The van der Waals surface area contributed by atoms with Gasteiger partial charge in [0, 0.05) is 19.4 Å². The highest BCUT2D eigenvalue weighted by atomic mass is 16.6. The minimum Gasteiger partial charge on any atom is -0.365 e. The zero-order valence-corrected chi connectivity index (χ0v) is 22.8. The first-order valence-corrected chi connectivity index (χ1v) is 14.1. The SMILES string of the molecule is CC(C)C1NC(=O)C(Cc2ccccc2)NC(=O)C(CCCCCC(=O)C2CO2)NC(=O)C2CCCN2C1=O. The van der Waals surface area contributed by atoms with E-state index in [-0.39, 0.29) is 36.0 Å². The van der Waals surface area contributed by atoms with Gasteiger partial charge in [0.15, 0.2) is 5.78 Å². The fraction of sp³-hybridized carbons (Fsp3) is 0.621. The van der Waals surface area contributed by atoms with Crippen molar-refractivity contribution in [3.05, 3.63) is 35.9 Å². The van der Waals surface area contributed by atoms with Gasteiger partial charge in [-0.15, -0.1) is 0 Å². The number of nitrogens with one attached hydrogen (secondary N) is 3. The number of nitrogens with zero attached hydrogens (tertiary/aromatic N) is 1. The van der Waals surface area contributed by atoms with Crippen LogP contribution in [0, 0.1) is 5.92 Å². The van der Waals surface area contributed by atoms with Crippen molar-refractivity contribution in [3.8, 4) is 0 Å². The highest BCUT2D eigenvalue weighted by Crippen LogP contribution is 2.22. The van der Waals surface area contributed by atoms with Crippen LogP contribution in [-0.2, 0) is 35.1 Å². The molecule has 4 amide bonds. The number of epoxide rings is 1. The highest BCUT2D eigenvalue weighted by Gasteiger charge is 2.41. The molecule has 3 fully saturated rings. The quantitative estimate of drug-likeness (QED) is 0.302. The van der Waals surface area contributed by atoms with Crippen molar-refractivity contribution in [1.29, 1.82) is 0 Å². The number of ether oxygens (including phenoxy) is 1. The van der Waals surface area contributed by atoms with Crippen molar-refractivity contribution in [2.45, 2.75) is 95.5 Å². The van der Waals surface area contributed by atoms with E-state index in [1.807, 2.05) is 44.2 Å². The summed E-state index contributed by atoms with van der Waals surface area (Å²) in [5.74, 6) is -1.58. The molecule has 10 nitrogen and oxygen atoms in total. The topological polar surface area (TPSA) is 137 Å². The summed E-state index contributed by atoms with van der Waals surface area (Å²) in [5, 5.41) is 8.63. The number of rotatable bonds is 10. The molecular weight excluding hydrogens is 500 g/mol. The summed E-state index contributed by atoms with van der Waals surface area (Å²) in [6.45, 7) is 4.64. The number of ketones is 1. The summed E-state index contributed by atoms with van der Waals surface area (Å²) >= 11 is 0. The smallest absolute Gasteiger partial charge is 0.246 e. The van der Waals surface area contributed by atoms with Gasteiger partial charge in [-0.3, -0.25) is 24.0 Å². The molecule has 0 aliphatic carbocycles. The maximum absolute atomic E-state index is 13.5. The van der Waals surface area contributed by atoms with Crippen molar-refractivity contribution in [3.63, 3.8) is 0 Å². The molecule has 212 valence electrons. The van der Waals surface area contributed by atoms with Crippen molar-refractivity contribution in [2.75, 3.05) is 13.2 Å². The number of unbranched alkanes of at least 4 members (excludes halogenated alkanes) is 2. The monoisotopic (exact) mass is 540 g/mol. The Hall–Kier alpha value is -3.27. The summed E-state index contributed by atoms with van der Waals surface area (Å²) in [6, 6.07) is 6.10. The summed E-state index contributed by atoms with van der Waals surface area (Å²) in [4.78, 5) is 67.3. The predicted octanol–water partition coefficient (Wildman–Crippen LogP) is 1.26. The van der Waals surface area contributed by atoms with E-state index < -0.39 is 36.0 Å². The van der Waals surface area contributed by atoms with Gasteiger partial charge in [0.1, 0.15) is 30.3 Å². The van der Waals surface area contributed by atoms with Crippen LogP contribution in [0.4, 0.5) is 0 Å². The Morgan fingerprint density at radius 3 is 2.33 bits per heavy atom. The van der Waals surface area contributed by atoms with Gasteiger partial charge in [0.25, 0.3) is 0 Å². The van der Waals surface area contributed by atoms with E-state index in [0.29, 0.717) is 51.7 Å². The second-order valence-electron chi connectivity index (χ2n) is 11.1. The third kappa shape index (κ3) is 7.65. The molecule has 0 saturated carbocycles. The standard InChI is InChI=1S/C29H40N4O6/c1-18(2)25-29(38)33-15-9-13-22(33)28(37)30-20(12-7-4-8-14-23(34)24-17-39-24)26(35)31-21(27(36)32-25)16-19-10-5-3-6-11-19/h3,5-6,10-11,18,20-22,24-25H,4,7-9,12-17H2,1-2H3,(H,30,37)(H,31,35)(H,32,36). The molecule has 3 aliphatic rings. The Bertz CT molecular complexity index is 1060. The van der Waals surface area contributed by atoms with E-state index in [1.54, 1.807) is 4.90 Å². The molecule has 4 rings (SSSR count). The van der Waals surface area contributed by atoms with Gasteiger partial charge >= 0.3 is 0 Å². The molecule has 0 radical (unpaired) electrons. The number of hydrogen-bond donors (Lipinski definition) is 3. The lowest BCUT2D eigenvalue weighted by Gasteiger charge is -2.33. The first kappa shape index (κ1) is 28.7. The summed E-state index contributed by atoms with van der Waals surface area (Å²) in [7, 11) is 0. The average molecular weight is 541 g/mol. The van der Waals surface area contributed by atoms with Crippen LogP contribution in [0.1, 0.15) is 64.4 Å². The number of hydrogen-bond acceptors (Lipinski definition) is 6. The average Bonchev–Trinajstić information content (AvgIpc) is 3.65. The zero-order valence-electron chi connectivity index (χ0n) is 22.8. The summed E-state index contributed by atoms with van der Waals surface area (Å²) in [5.41, 5.74) is 0.863. The lowest BCUT2D eigenvalue weighted by atomic mass is 9.98.